The average Bonchev–Trinajstić information content (AvgIpc) is 3.26. The summed E-state index contributed by atoms with van der Waals surface area (Å²) < 4.78 is 34.4. The van der Waals surface area contributed by atoms with Gasteiger partial charge in [0.15, 0.2) is 0 Å². The molecule has 6 heteroatoms. The maximum Gasteiger partial charge on any atom is 0.211 e. The average molecular weight is 552 g/mol. The summed E-state index contributed by atoms with van der Waals surface area (Å²) in [7, 11) is -2.03. The van der Waals surface area contributed by atoms with Crippen LogP contribution in [0.4, 0.5) is 5.69 Å². The van der Waals surface area contributed by atoms with Crippen LogP contribution in [0.2, 0.25) is 0 Å². The van der Waals surface area contributed by atoms with Gasteiger partial charge in [0, 0.05) is 11.3 Å². The van der Waals surface area contributed by atoms with Gasteiger partial charge in [0.1, 0.15) is 0 Å². The van der Waals surface area contributed by atoms with Crippen LogP contribution < -0.4 is 5.32 Å². The summed E-state index contributed by atoms with van der Waals surface area (Å²) >= 11 is 0. The second-order valence-corrected chi connectivity index (χ2v) is 15.0. The standard InChI is InChI=1S/C33H45NO4S/c1-19-20(2)22(4)31(30(21(19)3)34-18-35)39(36,37)23(5)27-11-12-28-26-10-9-24-17-25(38-8)13-15-32(24,6)29(26)14-16-33(27,28)7/h9,17-18,26,28-29H,10-16H2,1-8H3,(H,34,35)/t26-,28-,29-,32-,33+/m0/s1. The number of hydrogen-bond donors (Lipinski definition) is 1. The molecule has 4 aliphatic rings. The molecule has 0 heterocycles. The molecule has 5 nitrogen and oxygen atoms in total. The van der Waals surface area contributed by atoms with Crippen LogP contribution in [-0.2, 0) is 19.4 Å². The zero-order chi connectivity index (χ0) is 28.5. The van der Waals surface area contributed by atoms with E-state index >= 15 is 0 Å². The summed E-state index contributed by atoms with van der Waals surface area (Å²) in [4.78, 5) is 12.3. The van der Waals surface area contributed by atoms with Crippen LogP contribution in [0.1, 0.15) is 88.0 Å². The number of hydrogen-bond acceptors (Lipinski definition) is 4. The summed E-state index contributed by atoms with van der Waals surface area (Å²) in [6.45, 7) is 14.3. The zero-order valence-electron chi connectivity index (χ0n) is 25.0. The van der Waals surface area contributed by atoms with Gasteiger partial charge in [-0.3, -0.25) is 4.79 Å². The van der Waals surface area contributed by atoms with Crippen molar-refractivity contribution in [3.05, 3.63) is 56.2 Å². The van der Waals surface area contributed by atoms with Crippen molar-refractivity contribution in [2.24, 2.45) is 28.6 Å². The summed E-state index contributed by atoms with van der Waals surface area (Å²) in [6, 6.07) is 0. The fourth-order valence-electron chi connectivity index (χ4n) is 9.01. The molecule has 2 fully saturated rings. The van der Waals surface area contributed by atoms with Gasteiger partial charge >= 0.3 is 0 Å². The number of sulfone groups is 1. The highest BCUT2D eigenvalue weighted by Gasteiger charge is 2.57. The second kappa shape index (κ2) is 9.64. The van der Waals surface area contributed by atoms with Crippen molar-refractivity contribution >= 4 is 21.9 Å². The minimum Gasteiger partial charge on any atom is -0.501 e. The van der Waals surface area contributed by atoms with Gasteiger partial charge in [0.25, 0.3) is 0 Å². The Kier molecular flexibility index (Phi) is 6.97. The van der Waals surface area contributed by atoms with Gasteiger partial charge in [-0.15, -0.1) is 0 Å². The Bertz CT molecular complexity index is 1430. The Hall–Kier alpha value is -2.34. The number of amides is 1. The van der Waals surface area contributed by atoms with E-state index in [-0.39, 0.29) is 15.7 Å². The van der Waals surface area contributed by atoms with Crippen molar-refractivity contribution in [1.82, 2.24) is 0 Å². The largest absolute Gasteiger partial charge is 0.501 e. The molecule has 5 rings (SSSR count). The van der Waals surface area contributed by atoms with Gasteiger partial charge in [0.2, 0.25) is 16.2 Å². The van der Waals surface area contributed by atoms with Crippen molar-refractivity contribution in [3.63, 3.8) is 0 Å². The molecular weight excluding hydrogens is 506 g/mol. The highest BCUT2D eigenvalue weighted by molar-refractivity contribution is 7.95. The number of allylic oxidation sites excluding steroid dienone is 6. The van der Waals surface area contributed by atoms with E-state index in [4.69, 9.17) is 4.74 Å². The molecule has 2 saturated carbocycles. The first kappa shape index (κ1) is 28.2. The number of fused-ring (bicyclic) bond motifs is 5. The molecule has 1 N–H and O–H groups in total. The van der Waals surface area contributed by atoms with Crippen LogP contribution >= 0.6 is 0 Å². The zero-order valence-corrected chi connectivity index (χ0v) is 25.8. The summed E-state index contributed by atoms with van der Waals surface area (Å²) in [5.74, 6) is 2.76. The highest BCUT2D eigenvalue weighted by Crippen LogP contribution is 2.66. The van der Waals surface area contributed by atoms with Crippen LogP contribution in [0.25, 0.3) is 0 Å². The molecule has 5 atom stereocenters. The predicted molar refractivity (Wildman–Crippen MR) is 157 cm³/mol. The molecular formula is C33H45NO4S. The van der Waals surface area contributed by atoms with E-state index in [1.165, 1.54) is 5.57 Å². The third kappa shape index (κ3) is 3.99. The third-order valence-electron chi connectivity index (χ3n) is 11.7. The monoisotopic (exact) mass is 551 g/mol. The number of methoxy groups -OCH3 is 1. The van der Waals surface area contributed by atoms with Crippen molar-refractivity contribution < 1.29 is 17.9 Å². The van der Waals surface area contributed by atoms with Crippen molar-refractivity contribution in [3.8, 4) is 0 Å². The lowest BCUT2D eigenvalue weighted by Crippen LogP contribution is -2.48. The molecule has 1 aromatic carbocycles. The first-order valence-corrected chi connectivity index (χ1v) is 16.0. The van der Waals surface area contributed by atoms with Crippen LogP contribution in [0.15, 0.2) is 38.9 Å². The molecule has 0 spiro atoms. The lowest BCUT2D eigenvalue weighted by Gasteiger charge is -2.56. The normalized spacial score (nSPS) is 33.3. The molecule has 1 aromatic rings. The van der Waals surface area contributed by atoms with E-state index in [0.29, 0.717) is 34.8 Å². The topological polar surface area (TPSA) is 72.5 Å². The number of benzene rings is 1. The molecule has 4 aliphatic carbocycles. The fraction of sp³-hybridized carbons (Fsp3) is 0.606. The van der Waals surface area contributed by atoms with Crippen LogP contribution in [-0.4, -0.2) is 21.9 Å². The first-order chi connectivity index (χ1) is 18.3. The SMILES string of the molecule is COC1=CC2=CC[C@@H]3[C@H](CC[C@]4(C)C(=C(C)S(=O)(=O)c5c(C)c(C)c(C)c(C)c5NC=O)CC[C@@H]34)[C@@]2(C)CC1. The number of rotatable bonds is 5. The molecule has 0 unspecified atom stereocenters. The molecule has 0 aromatic heterocycles. The smallest absolute Gasteiger partial charge is 0.211 e. The van der Waals surface area contributed by atoms with E-state index < -0.39 is 9.84 Å². The van der Waals surface area contributed by atoms with E-state index in [1.807, 2.05) is 34.6 Å². The number of ether oxygens (including phenoxy) is 1. The van der Waals surface area contributed by atoms with Gasteiger partial charge in [0.05, 0.1) is 23.5 Å². The summed E-state index contributed by atoms with van der Waals surface area (Å²) in [5.41, 5.74) is 6.55. The van der Waals surface area contributed by atoms with E-state index in [2.05, 4.69) is 31.3 Å². The molecule has 0 aliphatic heterocycles. The van der Waals surface area contributed by atoms with Gasteiger partial charge in [-0.1, -0.05) is 19.9 Å². The molecule has 1 amide bonds. The number of anilines is 1. The van der Waals surface area contributed by atoms with Crippen molar-refractivity contribution in [2.75, 3.05) is 12.4 Å². The molecule has 0 bridgehead atoms. The van der Waals surface area contributed by atoms with E-state index in [9.17, 15) is 13.2 Å². The van der Waals surface area contributed by atoms with E-state index in [0.717, 1.165) is 78.5 Å². The third-order valence-corrected chi connectivity index (χ3v) is 13.8. The number of carbonyl (C=O) groups is 1. The Morgan fingerprint density at radius 1 is 0.974 bits per heavy atom. The number of carbonyl (C=O) groups excluding carboxylic acids is 1. The number of nitrogens with one attached hydrogen (secondary N) is 1. The van der Waals surface area contributed by atoms with Gasteiger partial charge in [-0.25, -0.2) is 8.42 Å². The van der Waals surface area contributed by atoms with E-state index in [1.54, 1.807) is 7.11 Å². The van der Waals surface area contributed by atoms with Crippen LogP contribution in [0.5, 0.6) is 0 Å². The minimum atomic E-state index is -3.80. The first-order valence-electron chi connectivity index (χ1n) is 14.5. The van der Waals surface area contributed by atoms with Gasteiger partial charge < -0.3 is 10.1 Å². The van der Waals surface area contributed by atoms with Crippen LogP contribution in [0.3, 0.4) is 0 Å². The Balaban J connectivity index is 1.57. The van der Waals surface area contributed by atoms with Gasteiger partial charge in [-0.2, -0.15) is 0 Å². The van der Waals surface area contributed by atoms with Gasteiger partial charge in [-0.05, 0) is 141 Å². The lowest BCUT2D eigenvalue weighted by atomic mass is 9.48. The highest BCUT2D eigenvalue weighted by atomic mass is 32.2. The molecule has 212 valence electrons. The fourth-order valence-corrected chi connectivity index (χ4v) is 11.0. The molecule has 0 radical (unpaired) electrons. The summed E-state index contributed by atoms with van der Waals surface area (Å²) in [5, 5.41) is 2.74. The molecule has 0 saturated heterocycles. The Labute approximate surface area is 235 Å². The lowest BCUT2D eigenvalue weighted by molar-refractivity contribution is -0.105. The summed E-state index contributed by atoms with van der Waals surface area (Å²) in [6.07, 6.45) is 12.5. The molecule has 39 heavy (non-hydrogen) atoms. The maximum absolute atomic E-state index is 14.4. The quantitative estimate of drug-likeness (QED) is 0.382. The van der Waals surface area contributed by atoms with Crippen molar-refractivity contribution in [2.45, 2.75) is 98.3 Å². The maximum atomic E-state index is 14.4. The second-order valence-electron chi connectivity index (χ2n) is 13.0. The van der Waals surface area contributed by atoms with Crippen LogP contribution in [0, 0.1) is 56.3 Å². The van der Waals surface area contributed by atoms with Crippen molar-refractivity contribution in [1.29, 1.82) is 0 Å². The predicted octanol–water partition coefficient (Wildman–Crippen LogP) is 7.64. The Morgan fingerprint density at radius 3 is 2.31 bits per heavy atom. The Morgan fingerprint density at radius 2 is 1.64 bits per heavy atom. The minimum absolute atomic E-state index is 0.122.